The first kappa shape index (κ1) is 8.53. The third-order valence-electron chi connectivity index (χ3n) is 2.13. The minimum atomic E-state index is -0.701. The van der Waals surface area contributed by atoms with Gasteiger partial charge in [0.15, 0.2) is 0 Å². The molecule has 1 N–H and O–H groups in total. The van der Waals surface area contributed by atoms with Gasteiger partial charge < -0.3 is 5.11 Å². The Morgan fingerprint density at radius 1 is 1.45 bits per heavy atom. The van der Waals surface area contributed by atoms with Crippen LogP contribution < -0.4 is 0 Å². The van der Waals surface area contributed by atoms with E-state index in [1.807, 2.05) is 32.6 Å². The van der Waals surface area contributed by atoms with Gasteiger partial charge in [-0.15, -0.1) is 0 Å². The molecule has 1 aliphatic rings. The Kier molecular flexibility index (Phi) is 1.71. The summed E-state index contributed by atoms with van der Waals surface area (Å²) in [4.78, 5) is 12.6. The standard InChI is InChI=1S/C8H15NO2/c1-5-6(7(10)11)9(5)8(2,3)4/h5-6H,1-4H3,(H,10,11)/t5-,6+,9?/m1/s1. The Hall–Kier alpha value is -0.570. The molecule has 0 aromatic carbocycles. The Bertz CT molecular complexity index is 183. The molecule has 0 aromatic rings. The van der Waals surface area contributed by atoms with Gasteiger partial charge in [0.2, 0.25) is 0 Å². The van der Waals surface area contributed by atoms with E-state index in [1.165, 1.54) is 0 Å². The Morgan fingerprint density at radius 2 is 1.91 bits per heavy atom. The minimum Gasteiger partial charge on any atom is -0.480 e. The number of aliphatic carboxylic acids is 1. The lowest BCUT2D eigenvalue weighted by molar-refractivity contribution is -0.137. The maximum atomic E-state index is 10.6. The summed E-state index contributed by atoms with van der Waals surface area (Å²) < 4.78 is 0. The summed E-state index contributed by atoms with van der Waals surface area (Å²) in [5, 5.41) is 8.72. The van der Waals surface area contributed by atoms with Crippen molar-refractivity contribution in [3.05, 3.63) is 0 Å². The normalized spacial score (nSPS) is 36.9. The molecule has 0 saturated carbocycles. The van der Waals surface area contributed by atoms with Gasteiger partial charge >= 0.3 is 5.97 Å². The summed E-state index contributed by atoms with van der Waals surface area (Å²) in [5.74, 6) is -0.701. The van der Waals surface area contributed by atoms with E-state index >= 15 is 0 Å². The van der Waals surface area contributed by atoms with Crippen LogP contribution in [0.1, 0.15) is 27.7 Å². The van der Waals surface area contributed by atoms with Crippen LogP contribution in [0.2, 0.25) is 0 Å². The van der Waals surface area contributed by atoms with Crippen LogP contribution in [0.3, 0.4) is 0 Å². The number of carbonyl (C=O) groups is 1. The summed E-state index contributed by atoms with van der Waals surface area (Å²) in [6.45, 7) is 8.05. The molecule has 0 aliphatic carbocycles. The average molecular weight is 157 g/mol. The molecule has 0 aromatic heterocycles. The number of carboxylic acids is 1. The highest BCUT2D eigenvalue weighted by molar-refractivity contribution is 5.78. The van der Waals surface area contributed by atoms with Crippen molar-refractivity contribution < 1.29 is 9.90 Å². The average Bonchev–Trinajstić information content (AvgIpc) is 2.38. The predicted molar refractivity (Wildman–Crippen MR) is 42.5 cm³/mol. The Labute approximate surface area is 67.0 Å². The molecule has 1 unspecified atom stereocenters. The zero-order valence-electron chi connectivity index (χ0n) is 7.46. The van der Waals surface area contributed by atoms with Gasteiger partial charge in [0.1, 0.15) is 6.04 Å². The molecule has 1 rings (SSSR count). The maximum Gasteiger partial charge on any atom is 0.322 e. The van der Waals surface area contributed by atoms with Crippen LogP contribution in [0.4, 0.5) is 0 Å². The van der Waals surface area contributed by atoms with Crippen LogP contribution in [-0.4, -0.2) is 33.6 Å². The van der Waals surface area contributed by atoms with Gasteiger partial charge in [0.05, 0.1) is 0 Å². The summed E-state index contributed by atoms with van der Waals surface area (Å²) in [6.07, 6.45) is 0. The summed E-state index contributed by atoms with van der Waals surface area (Å²) in [5.41, 5.74) is -0.0114. The monoisotopic (exact) mass is 157 g/mol. The van der Waals surface area contributed by atoms with Crippen molar-refractivity contribution in [1.82, 2.24) is 4.90 Å². The molecular formula is C8H15NO2. The van der Waals surface area contributed by atoms with E-state index in [1.54, 1.807) is 0 Å². The fraction of sp³-hybridized carbons (Fsp3) is 0.875. The van der Waals surface area contributed by atoms with Crippen molar-refractivity contribution in [3.63, 3.8) is 0 Å². The lowest BCUT2D eigenvalue weighted by Crippen LogP contribution is -2.30. The highest BCUT2D eigenvalue weighted by Crippen LogP contribution is 2.36. The molecule has 1 aliphatic heterocycles. The van der Waals surface area contributed by atoms with Crippen LogP contribution in [0.15, 0.2) is 0 Å². The van der Waals surface area contributed by atoms with E-state index in [2.05, 4.69) is 0 Å². The van der Waals surface area contributed by atoms with Gasteiger partial charge in [-0.05, 0) is 27.7 Å². The minimum absolute atomic E-state index is 0.0114. The Morgan fingerprint density at radius 3 is 2.00 bits per heavy atom. The Balaban J connectivity index is 2.62. The van der Waals surface area contributed by atoms with Crippen molar-refractivity contribution in [2.75, 3.05) is 0 Å². The van der Waals surface area contributed by atoms with Crippen LogP contribution in [-0.2, 0) is 4.79 Å². The first-order valence-electron chi connectivity index (χ1n) is 3.87. The number of rotatable bonds is 1. The second kappa shape index (κ2) is 2.21. The van der Waals surface area contributed by atoms with Crippen molar-refractivity contribution in [1.29, 1.82) is 0 Å². The van der Waals surface area contributed by atoms with E-state index in [-0.39, 0.29) is 17.6 Å². The first-order valence-corrected chi connectivity index (χ1v) is 3.87. The lowest BCUT2D eigenvalue weighted by Gasteiger charge is -2.21. The molecular weight excluding hydrogens is 142 g/mol. The molecule has 3 heteroatoms. The first-order chi connectivity index (χ1) is 4.85. The largest absolute Gasteiger partial charge is 0.480 e. The number of nitrogens with zero attached hydrogens (tertiary/aromatic N) is 1. The number of hydrogen-bond acceptors (Lipinski definition) is 2. The molecule has 11 heavy (non-hydrogen) atoms. The van der Waals surface area contributed by atoms with E-state index in [4.69, 9.17) is 5.11 Å². The van der Waals surface area contributed by atoms with Crippen LogP contribution in [0.5, 0.6) is 0 Å². The van der Waals surface area contributed by atoms with Gasteiger partial charge in [-0.1, -0.05) is 0 Å². The topological polar surface area (TPSA) is 40.3 Å². The maximum absolute atomic E-state index is 10.6. The predicted octanol–water partition coefficient (Wildman–Crippen LogP) is 0.942. The summed E-state index contributed by atoms with van der Waals surface area (Å²) in [6, 6.07) is -0.0532. The highest BCUT2D eigenvalue weighted by Gasteiger charge is 2.54. The van der Waals surface area contributed by atoms with Gasteiger partial charge in [-0.2, -0.15) is 0 Å². The van der Waals surface area contributed by atoms with Crippen molar-refractivity contribution in [2.45, 2.75) is 45.3 Å². The SMILES string of the molecule is C[C@@H]1[C@@H](C(=O)O)N1C(C)(C)C. The van der Waals surface area contributed by atoms with Crippen molar-refractivity contribution in [3.8, 4) is 0 Å². The molecule has 0 radical (unpaired) electrons. The fourth-order valence-corrected chi connectivity index (χ4v) is 1.70. The third-order valence-corrected chi connectivity index (χ3v) is 2.13. The van der Waals surface area contributed by atoms with E-state index in [0.717, 1.165) is 0 Å². The summed E-state index contributed by atoms with van der Waals surface area (Å²) in [7, 11) is 0. The van der Waals surface area contributed by atoms with E-state index in [0.29, 0.717) is 0 Å². The van der Waals surface area contributed by atoms with E-state index in [9.17, 15) is 4.79 Å². The molecule has 0 amide bonds. The molecule has 0 bridgehead atoms. The zero-order valence-corrected chi connectivity index (χ0v) is 7.46. The molecule has 1 saturated heterocycles. The second-order valence-corrected chi connectivity index (χ2v) is 4.10. The number of carboxylic acid groups (broad SMARTS) is 1. The number of hydrogen-bond donors (Lipinski definition) is 1. The third kappa shape index (κ3) is 1.38. The zero-order chi connectivity index (χ0) is 8.81. The summed E-state index contributed by atoms with van der Waals surface area (Å²) >= 11 is 0. The second-order valence-electron chi connectivity index (χ2n) is 4.10. The van der Waals surface area contributed by atoms with Crippen molar-refractivity contribution in [2.24, 2.45) is 0 Å². The molecule has 64 valence electrons. The quantitative estimate of drug-likeness (QED) is 0.576. The van der Waals surface area contributed by atoms with Gasteiger partial charge in [-0.25, -0.2) is 0 Å². The van der Waals surface area contributed by atoms with Crippen LogP contribution >= 0.6 is 0 Å². The lowest BCUT2D eigenvalue weighted by atomic mass is 10.1. The van der Waals surface area contributed by atoms with Crippen molar-refractivity contribution >= 4 is 5.97 Å². The molecule has 1 fully saturated rings. The smallest absolute Gasteiger partial charge is 0.322 e. The molecule has 0 spiro atoms. The van der Waals surface area contributed by atoms with Gasteiger partial charge in [-0.3, -0.25) is 9.69 Å². The van der Waals surface area contributed by atoms with E-state index < -0.39 is 5.97 Å². The molecule has 3 atom stereocenters. The highest BCUT2D eigenvalue weighted by atomic mass is 16.4. The fourth-order valence-electron chi connectivity index (χ4n) is 1.70. The van der Waals surface area contributed by atoms with Gasteiger partial charge in [0.25, 0.3) is 0 Å². The van der Waals surface area contributed by atoms with Gasteiger partial charge in [0, 0.05) is 11.6 Å². The van der Waals surface area contributed by atoms with Crippen LogP contribution in [0, 0.1) is 0 Å². The molecule has 3 nitrogen and oxygen atoms in total. The van der Waals surface area contributed by atoms with Crippen LogP contribution in [0.25, 0.3) is 0 Å². The molecule has 1 heterocycles.